The number of aryl methyl sites for hydroxylation is 2. The Hall–Kier alpha value is -1.00. The molecule has 2 aromatic rings. The zero-order valence-electron chi connectivity index (χ0n) is 10.3. The highest BCUT2D eigenvalue weighted by Crippen LogP contribution is 2.26. The lowest BCUT2D eigenvalue weighted by Crippen LogP contribution is -1.99. The molecule has 0 aliphatic rings. The summed E-state index contributed by atoms with van der Waals surface area (Å²) in [6.45, 7) is 6.29. The van der Waals surface area contributed by atoms with E-state index in [1.54, 1.807) is 11.3 Å². The van der Waals surface area contributed by atoms with Crippen molar-refractivity contribution in [2.45, 2.75) is 33.6 Å². The van der Waals surface area contributed by atoms with Gasteiger partial charge in [-0.25, -0.2) is 4.98 Å². The lowest BCUT2D eigenvalue weighted by molar-refractivity contribution is 0.829. The van der Waals surface area contributed by atoms with E-state index in [1.807, 2.05) is 6.92 Å². The van der Waals surface area contributed by atoms with Crippen molar-refractivity contribution in [1.29, 1.82) is 0 Å². The summed E-state index contributed by atoms with van der Waals surface area (Å²) in [5.74, 6) is 0.988. The molecule has 0 aromatic carbocycles. The Balaban J connectivity index is 2.56. The van der Waals surface area contributed by atoms with Crippen LogP contribution in [0.5, 0.6) is 0 Å². The van der Waals surface area contributed by atoms with Gasteiger partial charge in [-0.2, -0.15) is 0 Å². The van der Waals surface area contributed by atoms with Gasteiger partial charge in [0.1, 0.15) is 10.5 Å². The number of H-pyrrole nitrogens is 1. The number of rotatable bonds is 3. The summed E-state index contributed by atoms with van der Waals surface area (Å²) in [4.78, 5) is 9.14. The van der Waals surface area contributed by atoms with Crippen molar-refractivity contribution in [2.75, 3.05) is 0 Å². The highest BCUT2D eigenvalue weighted by molar-refractivity contribution is 7.71. The van der Waals surface area contributed by atoms with E-state index in [4.69, 9.17) is 12.2 Å². The molecular formula is C13H16N2S2. The number of thiophene rings is 1. The van der Waals surface area contributed by atoms with E-state index in [9.17, 15) is 0 Å². The van der Waals surface area contributed by atoms with E-state index in [0.29, 0.717) is 4.64 Å². The molecule has 4 heteroatoms. The van der Waals surface area contributed by atoms with Gasteiger partial charge in [0.05, 0.1) is 5.69 Å². The summed E-state index contributed by atoms with van der Waals surface area (Å²) in [5, 5.41) is 2.17. The first kappa shape index (κ1) is 12.5. The van der Waals surface area contributed by atoms with Crippen molar-refractivity contribution in [2.24, 2.45) is 0 Å². The van der Waals surface area contributed by atoms with Crippen LogP contribution in [-0.4, -0.2) is 9.97 Å². The van der Waals surface area contributed by atoms with Crippen LogP contribution in [0.1, 0.15) is 29.6 Å². The molecule has 90 valence electrons. The topological polar surface area (TPSA) is 28.7 Å². The summed E-state index contributed by atoms with van der Waals surface area (Å²) in [5.41, 5.74) is 3.41. The first-order valence-electron chi connectivity index (χ1n) is 5.77. The summed E-state index contributed by atoms with van der Waals surface area (Å²) < 4.78 is 0.714. The van der Waals surface area contributed by atoms with E-state index in [1.165, 1.54) is 10.4 Å². The van der Waals surface area contributed by atoms with Crippen LogP contribution in [0.2, 0.25) is 0 Å². The largest absolute Gasteiger partial charge is 0.343 e. The highest BCUT2D eigenvalue weighted by atomic mass is 32.1. The molecule has 0 aliphatic heterocycles. The molecule has 0 spiro atoms. The van der Waals surface area contributed by atoms with Gasteiger partial charge in [-0.15, -0.1) is 11.3 Å². The minimum Gasteiger partial charge on any atom is -0.343 e. The molecular weight excluding hydrogens is 248 g/mol. The third-order valence-corrected chi connectivity index (χ3v) is 3.97. The summed E-state index contributed by atoms with van der Waals surface area (Å²) in [6.07, 6.45) is 2.02. The van der Waals surface area contributed by atoms with Crippen LogP contribution in [-0.2, 0) is 6.42 Å². The molecule has 0 amide bonds. The van der Waals surface area contributed by atoms with Gasteiger partial charge >= 0.3 is 0 Å². The zero-order chi connectivity index (χ0) is 12.4. The lowest BCUT2D eigenvalue weighted by atomic mass is 10.1. The van der Waals surface area contributed by atoms with E-state index >= 15 is 0 Å². The van der Waals surface area contributed by atoms with Crippen molar-refractivity contribution in [3.63, 3.8) is 0 Å². The molecule has 0 saturated carbocycles. The average molecular weight is 264 g/mol. The third kappa shape index (κ3) is 2.64. The van der Waals surface area contributed by atoms with Crippen LogP contribution in [0.4, 0.5) is 0 Å². The van der Waals surface area contributed by atoms with Crippen LogP contribution in [0.15, 0.2) is 11.4 Å². The predicted octanol–water partition coefficient (Wildman–Crippen LogP) is 4.44. The standard InChI is InChI=1S/C13H16N2S2/c1-4-5-11-14-12(9(3)13(16)15-11)10-6-8(2)17-7-10/h6-7H,4-5H2,1-3H3,(H,14,15,16). The molecule has 0 saturated heterocycles. The molecule has 0 fully saturated rings. The van der Waals surface area contributed by atoms with E-state index in [2.05, 4.69) is 35.3 Å². The van der Waals surface area contributed by atoms with Gasteiger partial charge in [-0.05, 0) is 26.3 Å². The molecule has 2 aromatic heterocycles. The van der Waals surface area contributed by atoms with Crippen molar-refractivity contribution in [3.05, 3.63) is 32.4 Å². The minimum absolute atomic E-state index is 0.714. The number of aromatic nitrogens is 2. The van der Waals surface area contributed by atoms with Gasteiger partial charge in [0.25, 0.3) is 0 Å². The van der Waals surface area contributed by atoms with E-state index < -0.39 is 0 Å². The zero-order valence-corrected chi connectivity index (χ0v) is 12.0. The number of nitrogens with one attached hydrogen (secondary N) is 1. The van der Waals surface area contributed by atoms with E-state index in [0.717, 1.165) is 29.9 Å². The van der Waals surface area contributed by atoms with Gasteiger partial charge in [-0.3, -0.25) is 0 Å². The monoisotopic (exact) mass is 264 g/mol. The normalized spacial score (nSPS) is 10.8. The fourth-order valence-electron chi connectivity index (χ4n) is 1.80. The second kappa shape index (κ2) is 5.10. The van der Waals surface area contributed by atoms with Crippen LogP contribution in [0.25, 0.3) is 11.3 Å². The van der Waals surface area contributed by atoms with Crippen molar-refractivity contribution < 1.29 is 0 Å². The van der Waals surface area contributed by atoms with Crippen LogP contribution in [0.3, 0.4) is 0 Å². The smallest absolute Gasteiger partial charge is 0.133 e. The molecule has 2 rings (SSSR count). The molecule has 0 atom stereocenters. The fraction of sp³-hybridized carbons (Fsp3) is 0.385. The Morgan fingerprint density at radius 3 is 2.76 bits per heavy atom. The van der Waals surface area contributed by atoms with Gasteiger partial charge in [0, 0.05) is 27.8 Å². The number of nitrogens with zero attached hydrogens (tertiary/aromatic N) is 1. The van der Waals surface area contributed by atoms with Gasteiger partial charge < -0.3 is 4.98 Å². The Kier molecular flexibility index (Phi) is 3.74. The Morgan fingerprint density at radius 1 is 1.41 bits per heavy atom. The number of aromatic amines is 1. The minimum atomic E-state index is 0.714. The third-order valence-electron chi connectivity index (χ3n) is 2.71. The summed E-state index contributed by atoms with van der Waals surface area (Å²) in [6, 6.07) is 2.19. The van der Waals surface area contributed by atoms with Crippen LogP contribution < -0.4 is 0 Å². The molecule has 17 heavy (non-hydrogen) atoms. The number of hydrogen-bond donors (Lipinski definition) is 1. The number of hydrogen-bond acceptors (Lipinski definition) is 3. The van der Waals surface area contributed by atoms with Gasteiger partial charge in [0.2, 0.25) is 0 Å². The average Bonchev–Trinajstić information content (AvgIpc) is 2.70. The SMILES string of the molecule is CCCc1nc(=S)c(C)c(-c2csc(C)c2)[nH]1. The highest BCUT2D eigenvalue weighted by Gasteiger charge is 2.08. The molecule has 2 nitrogen and oxygen atoms in total. The van der Waals surface area contributed by atoms with Gasteiger partial charge in [-0.1, -0.05) is 19.1 Å². The molecule has 0 aliphatic carbocycles. The molecule has 0 bridgehead atoms. The molecule has 1 N–H and O–H groups in total. The first-order chi connectivity index (χ1) is 8.11. The fourth-order valence-corrected chi connectivity index (χ4v) is 2.70. The van der Waals surface area contributed by atoms with Crippen molar-refractivity contribution >= 4 is 23.6 Å². The Bertz CT molecular complexity index is 581. The molecule has 0 unspecified atom stereocenters. The molecule has 2 heterocycles. The predicted molar refractivity (Wildman–Crippen MR) is 76.2 cm³/mol. The summed E-state index contributed by atoms with van der Waals surface area (Å²) >= 11 is 7.08. The van der Waals surface area contributed by atoms with E-state index in [-0.39, 0.29) is 0 Å². The maximum atomic E-state index is 5.32. The van der Waals surface area contributed by atoms with Crippen LogP contribution in [0, 0.1) is 18.5 Å². The van der Waals surface area contributed by atoms with Crippen molar-refractivity contribution in [3.8, 4) is 11.3 Å². The lowest BCUT2D eigenvalue weighted by Gasteiger charge is -2.07. The van der Waals surface area contributed by atoms with Crippen LogP contribution >= 0.6 is 23.6 Å². The van der Waals surface area contributed by atoms with Crippen molar-refractivity contribution in [1.82, 2.24) is 9.97 Å². The summed E-state index contributed by atoms with van der Waals surface area (Å²) in [7, 11) is 0. The quantitative estimate of drug-likeness (QED) is 0.830. The second-order valence-corrected chi connectivity index (χ2v) is 5.69. The second-order valence-electron chi connectivity index (χ2n) is 4.18. The van der Waals surface area contributed by atoms with Gasteiger partial charge in [0.15, 0.2) is 0 Å². The Morgan fingerprint density at radius 2 is 2.18 bits per heavy atom. The maximum Gasteiger partial charge on any atom is 0.133 e. The maximum absolute atomic E-state index is 5.32. The molecule has 0 radical (unpaired) electrons. The Labute approximate surface area is 111 Å². The first-order valence-corrected chi connectivity index (χ1v) is 7.06.